The maximum atomic E-state index is 13.6. The van der Waals surface area contributed by atoms with E-state index >= 15 is 0 Å². The van der Waals surface area contributed by atoms with E-state index in [9.17, 15) is 14.4 Å². The highest BCUT2D eigenvalue weighted by atomic mass is 35.5. The average Bonchev–Trinajstić information content (AvgIpc) is 2.91. The van der Waals surface area contributed by atoms with Gasteiger partial charge in [0.2, 0.25) is 5.91 Å². The van der Waals surface area contributed by atoms with Crippen molar-refractivity contribution < 1.29 is 13.9 Å². The van der Waals surface area contributed by atoms with Gasteiger partial charge in [-0.15, -0.1) is 0 Å². The lowest BCUT2D eigenvalue weighted by molar-refractivity contribution is -0.124. The third-order valence-corrected chi connectivity index (χ3v) is 4.42. The minimum Gasteiger partial charge on any atom is -0.377 e. The molecule has 1 amide bonds. The molecule has 1 aromatic carbocycles. The van der Waals surface area contributed by atoms with E-state index in [0.717, 1.165) is 0 Å². The molecule has 2 aliphatic heterocycles. The zero-order chi connectivity index (χ0) is 15.7. The molecule has 7 heteroatoms. The van der Waals surface area contributed by atoms with Gasteiger partial charge in [0.15, 0.2) is 0 Å². The number of nitrogens with zero attached hydrogens (tertiary/aromatic N) is 3. The van der Waals surface area contributed by atoms with Gasteiger partial charge in [0, 0.05) is 18.8 Å². The van der Waals surface area contributed by atoms with Crippen LogP contribution >= 0.6 is 11.6 Å². The first kappa shape index (κ1) is 15.2. The number of anilines is 1. The number of amides is 1. The van der Waals surface area contributed by atoms with Crippen LogP contribution < -0.4 is 4.90 Å². The molecule has 2 atom stereocenters. The SMILES string of the molecule is N#C[C@H]1COCCN1[C@H]1CCN(c2ccc(Cl)c(F)c2)C1=O. The van der Waals surface area contributed by atoms with Crippen LogP contribution in [0.1, 0.15) is 6.42 Å². The third kappa shape index (κ3) is 2.68. The molecular formula is C15H15ClFN3O2. The Morgan fingerprint density at radius 1 is 1.41 bits per heavy atom. The summed E-state index contributed by atoms with van der Waals surface area (Å²) >= 11 is 5.68. The van der Waals surface area contributed by atoms with Crippen LogP contribution in [-0.2, 0) is 9.53 Å². The molecule has 0 spiro atoms. The monoisotopic (exact) mass is 323 g/mol. The van der Waals surface area contributed by atoms with Crippen LogP contribution in [0.15, 0.2) is 18.2 Å². The Balaban J connectivity index is 1.79. The first-order chi connectivity index (χ1) is 10.6. The normalized spacial score (nSPS) is 26.2. The van der Waals surface area contributed by atoms with E-state index in [-0.39, 0.29) is 17.0 Å². The van der Waals surface area contributed by atoms with Gasteiger partial charge in [-0.25, -0.2) is 4.39 Å². The predicted molar refractivity (Wildman–Crippen MR) is 79.1 cm³/mol. The Morgan fingerprint density at radius 2 is 2.23 bits per heavy atom. The molecule has 116 valence electrons. The molecule has 5 nitrogen and oxygen atoms in total. The molecule has 0 aliphatic carbocycles. The number of carbonyl (C=O) groups is 1. The summed E-state index contributed by atoms with van der Waals surface area (Å²) in [5, 5.41) is 9.23. The zero-order valence-electron chi connectivity index (χ0n) is 11.8. The van der Waals surface area contributed by atoms with Gasteiger partial charge < -0.3 is 9.64 Å². The minimum atomic E-state index is -0.545. The molecule has 1 aromatic rings. The fourth-order valence-corrected chi connectivity index (χ4v) is 3.10. The molecule has 0 N–H and O–H groups in total. The van der Waals surface area contributed by atoms with E-state index < -0.39 is 11.9 Å². The minimum absolute atomic E-state index is 0.0321. The van der Waals surface area contributed by atoms with Crippen molar-refractivity contribution in [3.63, 3.8) is 0 Å². The van der Waals surface area contributed by atoms with Crippen molar-refractivity contribution in [1.29, 1.82) is 5.26 Å². The largest absolute Gasteiger partial charge is 0.377 e. The van der Waals surface area contributed by atoms with Crippen molar-refractivity contribution in [1.82, 2.24) is 4.90 Å². The standard InChI is InChI=1S/C15H15ClFN3O2/c16-12-2-1-10(7-13(12)17)20-4-3-14(15(20)21)19-5-6-22-9-11(19)8-18/h1-2,7,11,14H,3-6,9H2/t11-,14-/m0/s1. The van der Waals surface area contributed by atoms with Gasteiger partial charge in [-0.3, -0.25) is 9.69 Å². The number of hydrogen-bond donors (Lipinski definition) is 0. The van der Waals surface area contributed by atoms with Crippen molar-refractivity contribution in [2.75, 3.05) is 31.2 Å². The number of morpholine rings is 1. The summed E-state index contributed by atoms with van der Waals surface area (Å²) in [4.78, 5) is 16.1. The van der Waals surface area contributed by atoms with Crippen LogP contribution in [0.2, 0.25) is 5.02 Å². The summed E-state index contributed by atoms with van der Waals surface area (Å²) in [6, 6.07) is 5.75. The second-order valence-corrected chi connectivity index (χ2v) is 5.76. The quantitative estimate of drug-likeness (QED) is 0.833. The van der Waals surface area contributed by atoms with Crippen molar-refractivity contribution in [3.8, 4) is 6.07 Å². The summed E-state index contributed by atoms with van der Waals surface area (Å²) in [7, 11) is 0. The molecule has 2 aliphatic rings. The lowest BCUT2D eigenvalue weighted by Gasteiger charge is -2.34. The Morgan fingerprint density at radius 3 is 2.95 bits per heavy atom. The molecule has 2 heterocycles. The Hall–Kier alpha value is -1.68. The maximum Gasteiger partial charge on any atom is 0.244 e. The van der Waals surface area contributed by atoms with Gasteiger partial charge in [0.25, 0.3) is 0 Å². The molecule has 0 saturated carbocycles. The number of rotatable bonds is 2. The van der Waals surface area contributed by atoms with E-state index in [0.29, 0.717) is 38.4 Å². The number of benzene rings is 1. The van der Waals surface area contributed by atoms with Crippen LogP contribution in [0.5, 0.6) is 0 Å². The summed E-state index contributed by atoms with van der Waals surface area (Å²) in [5.41, 5.74) is 0.496. The second-order valence-electron chi connectivity index (χ2n) is 5.35. The number of hydrogen-bond acceptors (Lipinski definition) is 4. The number of halogens is 2. The predicted octanol–water partition coefficient (Wildman–Crippen LogP) is 1.81. The first-order valence-electron chi connectivity index (χ1n) is 7.11. The fraction of sp³-hybridized carbons (Fsp3) is 0.467. The van der Waals surface area contributed by atoms with Gasteiger partial charge in [0.1, 0.15) is 11.9 Å². The smallest absolute Gasteiger partial charge is 0.244 e. The lowest BCUT2D eigenvalue weighted by atomic mass is 10.1. The highest BCUT2D eigenvalue weighted by Crippen LogP contribution is 2.28. The second kappa shape index (κ2) is 6.21. The maximum absolute atomic E-state index is 13.6. The van der Waals surface area contributed by atoms with Crippen molar-refractivity contribution >= 4 is 23.2 Å². The summed E-state index contributed by atoms with van der Waals surface area (Å²) in [6.07, 6.45) is 0.612. The molecule has 0 unspecified atom stereocenters. The van der Waals surface area contributed by atoms with Crippen molar-refractivity contribution in [3.05, 3.63) is 29.0 Å². The molecule has 0 bridgehead atoms. The van der Waals surface area contributed by atoms with Gasteiger partial charge in [-0.05, 0) is 24.6 Å². The highest BCUT2D eigenvalue weighted by molar-refractivity contribution is 6.30. The molecule has 22 heavy (non-hydrogen) atoms. The van der Waals surface area contributed by atoms with Gasteiger partial charge in [0.05, 0.1) is 30.3 Å². The zero-order valence-corrected chi connectivity index (χ0v) is 12.6. The summed E-state index contributed by atoms with van der Waals surface area (Å²) in [5.74, 6) is -0.652. The Labute approximate surface area is 132 Å². The van der Waals surface area contributed by atoms with Gasteiger partial charge >= 0.3 is 0 Å². The van der Waals surface area contributed by atoms with Crippen LogP contribution in [0.25, 0.3) is 0 Å². The van der Waals surface area contributed by atoms with Crippen LogP contribution in [-0.4, -0.2) is 49.2 Å². The topological polar surface area (TPSA) is 56.6 Å². The van der Waals surface area contributed by atoms with Gasteiger partial charge in [-0.1, -0.05) is 11.6 Å². The molecule has 0 aromatic heterocycles. The fourth-order valence-electron chi connectivity index (χ4n) is 2.98. The number of carbonyl (C=O) groups excluding carboxylic acids is 1. The molecule has 3 rings (SSSR count). The van der Waals surface area contributed by atoms with E-state index in [2.05, 4.69) is 6.07 Å². The van der Waals surface area contributed by atoms with Gasteiger partial charge in [-0.2, -0.15) is 5.26 Å². The van der Waals surface area contributed by atoms with Crippen LogP contribution in [0.3, 0.4) is 0 Å². The van der Waals surface area contributed by atoms with Crippen LogP contribution in [0.4, 0.5) is 10.1 Å². The average molecular weight is 324 g/mol. The Kier molecular flexibility index (Phi) is 4.30. The molecule has 0 radical (unpaired) electrons. The third-order valence-electron chi connectivity index (χ3n) is 4.11. The van der Waals surface area contributed by atoms with Crippen LogP contribution in [0, 0.1) is 17.1 Å². The van der Waals surface area contributed by atoms with E-state index in [4.69, 9.17) is 16.3 Å². The summed E-state index contributed by atoms with van der Waals surface area (Å²) < 4.78 is 18.9. The number of nitriles is 1. The Bertz CT molecular complexity index is 634. The lowest BCUT2D eigenvalue weighted by Crippen LogP contribution is -2.52. The van der Waals surface area contributed by atoms with E-state index in [1.54, 1.807) is 11.0 Å². The molecule has 2 saturated heterocycles. The van der Waals surface area contributed by atoms with E-state index in [1.165, 1.54) is 12.1 Å². The highest BCUT2D eigenvalue weighted by Gasteiger charge is 2.40. The van der Waals surface area contributed by atoms with Crippen molar-refractivity contribution in [2.45, 2.75) is 18.5 Å². The van der Waals surface area contributed by atoms with E-state index in [1.807, 2.05) is 4.90 Å². The van der Waals surface area contributed by atoms with Crippen molar-refractivity contribution in [2.24, 2.45) is 0 Å². The summed E-state index contributed by atoms with van der Waals surface area (Å²) in [6.45, 7) is 1.88. The first-order valence-corrected chi connectivity index (χ1v) is 7.49. The molecular weight excluding hydrogens is 309 g/mol. The number of ether oxygens (including phenoxy) is 1. The molecule has 2 fully saturated rings.